The lowest BCUT2D eigenvalue weighted by Crippen LogP contribution is -2.26. The highest BCUT2D eigenvalue weighted by Gasteiger charge is 2.14. The molecule has 3 rings (SSSR count). The number of para-hydroxylation sites is 1. The summed E-state index contributed by atoms with van der Waals surface area (Å²) < 4.78 is 27.8. The molecule has 0 fully saturated rings. The lowest BCUT2D eigenvalue weighted by molar-refractivity contribution is -0.113. The second kappa shape index (κ2) is 8.52. The number of halogens is 2. The number of nitrogens with one attached hydrogen (secondary N) is 1. The van der Waals surface area contributed by atoms with Crippen LogP contribution in [0.3, 0.4) is 0 Å². The molecule has 0 spiro atoms. The maximum absolute atomic E-state index is 13.3. The van der Waals surface area contributed by atoms with E-state index in [2.05, 4.69) is 10.3 Å². The lowest BCUT2D eigenvalue weighted by Gasteiger charge is -2.15. The van der Waals surface area contributed by atoms with Gasteiger partial charge in [0.1, 0.15) is 0 Å². The molecule has 3 aromatic rings. The van der Waals surface area contributed by atoms with E-state index >= 15 is 0 Å². The third-order valence-electron chi connectivity index (χ3n) is 3.91. The van der Waals surface area contributed by atoms with Crippen LogP contribution in [0.5, 0.6) is 0 Å². The van der Waals surface area contributed by atoms with Crippen molar-refractivity contribution in [2.24, 2.45) is 5.92 Å². The van der Waals surface area contributed by atoms with Gasteiger partial charge in [-0.1, -0.05) is 37.7 Å². The summed E-state index contributed by atoms with van der Waals surface area (Å²) in [5, 5.41) is 3.48. The molecule has 28 heavy (non-hydrogen) atoms. The molecule has 1 heterocycles. The Morgan fingerprint density at radius 1 is 1.18 bits per heavy atom. The molecule has 0 saturated heterocycles. The van der Waals surface area contributed by atoms with Crippen LogP contribution < -0.4 is 10.9 Å². The fraction of sp³-hybridized carbons (Fsp3) is 0.250. The number of carbonyl (C=O) groups is 1. The Morgan fingerprint density at radius 3 is 2.64 bits per heavy atom. The first-order valence-corrected chi connectivity index (χ1v) is 9.71. The summed E-state index contributed by atoms with van der Waals surface area (Å²) in [5.74, 6) is -2.23. The maximum atomic E-state index is 13.3. The number of anilines is 1. The molecule has 0 atom stereocenters. The van der Waals surface area contributed by atoms with Gasteiger partial charge in [-0.2, -0.15) is 0 Å². The van der Waals surface area contributed by atoms with Crippen LogP contribution in [0.15, 0.2) is 52.4 Å². The first-order chi connectivity index (χ1) is 13.3. The average Bonchev–Trinajstić information content (AvgIpc) is 2.65. The van der Waals surface area contributed by atoms with Crippen molar-refractivity contribution in [1.29, 1.82) is 0 Å². The van der Waals surface area contributed by atoms with E-state index in [-0.39, 0.29) is 22.9 Å². The summed E-state index contributed by atoms with van der Waals surface area (Å²) in [4.78, 5) is 29.6. The second-order valence-corrected chi connectivity index (χ2v) is 7.63. The van der Waals surface area contributed by atoms with Crippen LogP contribution in [0.1, 0.15) is 13.8 Å². The molecule has 0 aliphatic carbocycles. The number of amides is 1. The monoisotopic (exact) mass is 403 g/mol. The van der Waals surface area contributed by atoms with Crippen molar-refractivity contribution in [3.05, 3.63) is 64.5 Å². The van der Waals surface area contributed by atoms with E-state index in [1.165, 1.54) is 6.07 Å². The minimum absolute atomic E-state index is 0.0259. The summed E-state index contributed by atoms with van der Waals surface area (Å²) in [6, 6.07) is 10.2. The average molecular weight is 403 g/mol. The molecule has 0 aliphatic heterocycles. The van der Waals surface area contributed by atoms with Gasteiger partial charge in [0, 0.05) is 18.3 Å². The quantitative estimate of drug-likeness (QED) is 0.498. The van der Waals surface area contributed by atoms with E-state index in [4.69, 9.17) is 0 Å². The van der Waals surface area contributed by atoms with Crippen molar-refractivity contribution in [2.75, 3.05) is 11.1 Å². The zero-order valence-electron chi connectivity index (χ0n) is 15.4. The number of rotatable bonds is 6. The van der Waals surface area contributed by atoms with E-state index in [0.29, 0.717) is 22.6 Å². The SMILES string of the molecule is CC(C)Cn1c(SCC(=O)Nc2ccc(F)c(F)c2)nc2ccccc2c1=O. The number of nitrogens with zero attached hydrogens (tertiary/aromatic N) is 2. The fourth-order valence-corrected chi connectivity index (χ4v) is 3.49. The summed E-state index contributed by atoms with van der Waals surface area (Å²) in [5.41, 5.74) is 0.578. The summed E-state index contributed by atoms with van der Waals surface area (Å²) in [7, 11) is 0. The topological polar surface area (TPSA) is 64.0 Å². The Kier molecular flexibility index (Phi) is 6.08. The number of hydrogen-bond donors (Lipinski definition) is 1. The van der Waals surface area contributed by atoms with Gasteiger partial charge in [-0.05, 0) is 30.2 Å². The number of carbonyl (C=O) groups excluding carboxylic acids is 1. The molecule has 1 aromatic heterocycles. The van der Waals surface area contributed by atoms with Crippen LogP contribution in [-0.2, 0) is 11.3 Å². The van der Waals surface area contributed by atoms with Gasteiger partial charge in [-0.3, -0.25) is 14.2 Å². The van der Waals surface area contributed by atoms with Crippen molar-refractivity contribution in [2.45, 2.75) is 25.5 Å². The third-order valence-corrected chi connectivity index (χ3v) is 4.89. The van der Waals surface area contributed by atoms with Crippen molar-refractivity contribution in [3.63, 3.8) is 0 Å². The molecule has 1 N–H and O–H groups in total. The van der Waals surface area contributed by atoms with E-state index < -0.39 is 17.5 Å². The molecular formula is C20H19F2N3O2S. The van der Waals surface area contributed by atoms with E-state index in [9.17, 15) is 18.4 Å². The van der Waals surface area contributed by atoms with Crippen molar-refractivity contribution < 1.29 is 13.6 Å². The summed E-state index contributed by atoms with van der Waals surface area (Å²) >= 11 is 1.12. The van der Waals surface area contributed by atoms with Gasteiger partial charge >= 0.3 is 0 Å². The van der Waals surface area contributed by atoms with Gasteiger partial charge in [0.05, 0.1) is 16.7 Å². The predicted molar refractivity (Wildman–Crippen MR) is 107 cm³/mol. The van der Waals surface area contributed by atoms with E-state index in [1.54, 1.807) is 28.8 Å². The van der Waals surface area contributed by atoms with Crippen LogP contribution in [0.2, 0.25) is 0 Å². The normalized spacial score (nSPS) is 11.2. The molecule has 0 aliphatic rings. The van der Waals surface area contributed by atoms with Crippen LogP contribution >= 0.6 is 11.8 Å². The smallest absolute Gasteiger partial charge is 0.262 e. The van der Waals surface area contributed by atoms with Crippen LogP contribution in [0.4, 0.5) is 14.5 Å². The molecule has 0 bridgehead atoms. The van der Waals surface area contributed by atoms with Gasteiger partial charge < -0.3 is 5.32 Å². The molecule has 5 nitrogen and oxygen atoms in total. The highest BCUT2D eigenvalue weighted by molar-refractivity contribution is 7.99. The molecular weight excluding hydrogens is 384 g/mol. The molecule has 0 saturated carbocycles. The zero-order valence-corrected chi connectivity index (χ0v) is 16.2. The van der Waals surface area contributed by atoms with Crippen molar-refractivity contribution in [3.8, 4) is 0 Å². The standard InChI is InChI=1S/C20H19F2N3O2S/c1-12(2)10-25-19(27)14-5-3-4-6-17(14)24-20(25)28-11-18(26)23-13-7-8-15(21)16(22)9-13/h3-9,12H,10-11H2,1-2H3,(H,23,26). The molecule has 8 heteroatoms. The summed E-state index contributed by atoms with van der Waals surface area (Å²) in [6.45, 7) is 4.46. The predicted octanol–water partition coefficient (Wildman–Crippen LogP) is 4.06. The molecule has 2 aromatic carbocycles. The molecule has 0 radical (unpaired) electrons. The molecule has 146 valence electrons. The maximum Gasteiger partial charge on any atom is 0.262 e. The van der Waals surface area contributed by atoms with Gasteiger partial charge in [0.15, 0.2) is 16.8 Å². The van der Waals surface area contributed by atoms with Gasteiger partial charge in [0.2, 0.25) is 5.91 Å². The Bertz CT molecular complexity index is 1080. The highest BCUT2D eigenvalue weighted by Crippen LogP contribution is 2.20. The number of hydrogen-bond acceptors (Lipinski definition) is 4. The van der Waals surface area contributed by atoms with Crippen LogP contribution in [0.25, 0.3) is 10.9 Å². The Morgan fingerprint density at radius 2 is 1.93 bits per heavy atom. The first kappa shape index (κ1) is 20.0. The molecule has 0 unspecified atom stereocenters. The van der Waals surface area contributed by atoms with E-state index in [0.717, 1.165) is 23.9 Å². The second-order valence-electron chi connectivity index (χ2n) is 6.69. The number of thioether (sulfide) groups is 1. The minimum atomic E-state index is -1.03. The highest BCUT2D eigenvalue weighted by atomic mass is 32.2. The largest absolute Gasteiger partial charge is 0.325 e. The van der Waals surface area contributed by atoms with Crippen molar-refractivity contribution >= 4 is 34.3 Å². The lowest BCUT2D eigenvalue weighted by atomic mass is 10.2. The fourth-order valence-electron chi connectivity index (χ4n) is 2.69. The van der Waals surface area contributed by atoms with Crippen LogP contribution in [0, 0.1) is 17.6 Å². The van der Waals surface area contributed by atoms with Crippen LogP contribution in [-0.4, -0.2) is 21.2 Å². The van der Waals surface area contributed by atoms with E-state index in [1.807, 2.05) is 13.8 Å². The first-order valence-electron chi connectivity index (χ1n) is 8.72. The third kappa shape index (κ3) is 4.56. The minimum Gasteiger partial charge on any atom is -0.325 e. The Hall–Kier alpha value is -2.74. The number of aromatic nitrogens is 2. The van der Waals surface area contributed by atoms with Gasteiger partial charge in [0.25, 0.3) is 5.56 Å². The van der Waals surface area contributed by atoms with Gasteiger partial charge in [-0.15, -0.1) is 0 Å². The number of fused-ring (bicyclic) bond motifs is 1. The summed E-state index contributed by atoms with van der Waals surface area (Å²) in [6.07, 6.45) is 0. The Balaban J connectivity index is 1.81. The zero-order chi connectivity index (χ0) is 20.3. The Labute approximate surface area is 164 Å². The van der Waals surface area contributed by atoms with Crippen molar-refractivity contribution in [1.82, 2.24) is 9.55 Å². The van der Waals surface area contributed by atoms with Gasteiger partial charge in [-0.25, -0.2) is 13.8 Å². The number of benzene rings is 2. The molecule has 1 amide bonds.